The maximum absolute atomic E-state index is 13.5. The van der Waals surface area contributed by atoms with Crippen molar-refractivity contribution in [2.75, 3.05) is 22.9 Å². The fourth-order valence-corrected chi connectivity index (χ4v) is 4.92. The smallest absolute Gasteiger partial charge is 0.371 e. The van der Waals surface area contributed by atoms with Crippen molar-refractivity contribution in [3.8, 4) is 6.07 Å². The van der Waals surface area contributed by atoms with E-state index in [-0.39, 0.29) is 10.8 Å². The molecule has 0 bridgehead atoms. The van der Waals surface area contributed by atoms with E-state index in [1.165, 1.54) is 11.0 Å². The van der Waals surface area contributed by atoms with Crippen LogP contribution in [0.4, 0.5) is 24.5 Å². The van der Waals surface area contributed by atoms with Gasteiger partial charge in [-0.15, -0.1) is 0 Å². The molecule has 1 atom stereocenters. The number of nitrogens with zero attached hydrogens (tertiary/aromatic N) is 3. The van der Waals surface area contributed by atoms with Crippen molar-refractivity contribution in [1.82, 2.24) is 5.32 Å². The zero-order chi connectivity index (χ0) is 22.4. The molecule has 4 rings (SSSR count). The molecule has 0 radical (unpaired) electrons. The first-order chi connectivity index (χ1) is 14.7. The molecule has 2 heterocycles. The Kier molecular flexibility index (Phi) is 5.41. The van der Waals surface area contributed by atoms with Crippen molar-refractivity contribution in [2.24, 2.45) is 0 Å². The number of rotatable bonds is 2. The zero-order valence-corrected chi connectivity index (χ0v) is 17.6. The van der Waals surface area contributed by atoms with Crippen LogP contribution < -0.4 is 15.1 Å². The van der Waals surface area contributed by atoms with Crippen molar-refractivity contribution >= 4 is 28.7 Å². The van der Waals surface area contributed by atoms with Crippen LogP contribution in [0.5, 0.6) is 0 Å². The second kappa shape index (κ2) is 7.79. The Morgan fingerprint density at radius 1 is 1.13 bits per heavy atom. The second-order valence-corrected chi connectivity index (χ2v) is 8.26. The summed E-state index contributed by atoms with van der Waals surface area (Å²) in [5.41, 5.74) is -0.338. The summed E-state index contributed by atoms with van der Waals surface area (Å²) in [5.74, 6) is 0. The summed E-state index contributed by atoms with van der Waals surface area (Å²) in [7, 11) is 0. The normalized spacial score (nSPS) is 20.9. The van der Waals surface area contributed by atoms with Crippen LogP contribution >= 0.6 is 12.2 Å². The maximum Gasteiger partial charge on any atom is 0.417 e. The molecule has 31 heavy (non-hydrogen) atoms. The molecular formula is C22H21F3N4OS. The minimum atomic E-state index is -4.70. The lowest BCUT2D eigenvalue weighted by Gasteiger charge is -2.43. The number of aliphatic hydroxyl groups excluding tert-OH is 1. The first-order valence-corrected chi connectivity index (χ1v) is 10.3. The lowest BCUT2D eigenvalue weighted by Crippen LogP contribution is -2.58. The van der Waals surface area contributed by atoms with Gasteiger partial charge in [0.05, 0.1) is 22.7 Å². The number of thiocarbonyl (C=S) groups is 1. The van der Waals surface area contributed by atoms with Crippen LogP contribution in [0, 0.1) is 18.3 Å². The summed E-state index contributed by atoms with van der Waals surface area (Å²) < 4.78 is 40.6. The molecule has 2 N–H and O–H groups in total. The van der Waals surface area contributed by atoms with Gasteiger partial charge >= 0.3 is 6.18 Å². The first kappa shape index (κ1) is 21.6. The topological polar surface area (TPSA) is 62.5 Å². The average Bonchev–Trinajstić information content (AvgIpc) is 2.94. The van der Waals surface area contributed by atoms with Crippen LogP contribution in [0.25, 0.3) is 0 Å². The number of aliphatic hydroxyl groups is 1. The van der Waals surface area contributed by atoms with E-state index in [0.717, 1.165) is 23.4 Å². The number of hydrogen-bond donors (Lipinski definition) is 2. The largest absolute Gasteiger partial charge is 0.417 e. The molecule has 162 valence electrons. The van der Waals surface area contributed by atoms with Gasteiger partial charge in [-0.1, -0.05) is 17.7 Å². The number of aryl methyl sites for hydroxylation is 1. The third-order valence-corrected chi connectivity index (χ3v) is 6.42. The molecule has 1 unspecified atom stereocenters. The van der Waals surface area contributed by atoms with Crippen LogP contribution in [0.2, 0.25) is 0 Å². The molecule has 2 aliphatic rings. The first-order valence-electron chi connectivity index (χ1n) is 9.89. The molecule has 2 aromatic carbocycles. The van der Waals surface area contributed by atoms with Crippen LogP contribution in [-0.4, -0.2) is 35.1 Å². The molecule has 0 aliphatic carbocycles. The maximum atomic E-state index is 13.5. The fraction of sp³-hybridized carbons (Fsp3) is 0.364. The third-order valence-electron chi connectivity index (χ3n) is 6.04. The van der Waals surface area contributed by atoms with Crippen LogP contribution in [0.1, 0.15) is 29.5 Å². The highest BCUT2D eigenvalue weighted by Crippen LogP contribution is 2.45. The number of nitrogens with one attached hydrogen (secondary N) is 1. The lowest BCUT2D eigenvalue weighted by molar-refractivity contribution is -0.137. The molecule has 2 aromatic rings. The molecule has 0 aromatic heterocycles. The van der Waals surface area contributed by atoms with E-state index in [1.54, 1.807) is 6.07 Å². The van der Waals surface area contributed by atoms with Gasteiger partial charge in [-0.05, 0) is 75.4 Å². The van der Waals surface area contributed by atoms with Crippen LogP contribution in [0.15, 0.2) is 42.5 Å². The van der Waals surface area contributed by atoms with Crippen molar-refractivity contribution < 1.29 is 18.3 Å². The summed E-state index contributed by atoms with van der Waals surface area (Å²) in [6.07, 6.45) is -4.70. The third kappa shape index (κ3) is 3.55. The molecule has 2 aliphatic heterocycles. The average molecular weight is 446 g/mol. The van der Waals surface area contributed by atoms with Gasteiger partial charge in [0.1, 0.15) is 0 Å². The Morgan fingerprint density at radius 2 is 1.74 bits per heavy atom. The van der Waals surface area contributed by atoms with Crippen LogP contribution in [-0.2, 0) is 6.18 Å². The van der Waals surface area contributed by atoms with E-state index < -0.39 is 29.1 Å². The number of anilines is 2. The van der Waals surface area contributed by atoms with Crippen molar-refractivity contribution in [3.05, 3.63) is 59.2 Å². The van der Waals surface area contributed by atoms with Gasteiger partial charge in [0, 0.05) is 11.4 Å². The van der Waals surface area contributed by atoms with E-state index in [4.69, 9.17) is 17.5 Å². The van der Waals surface area contributed by atoms with Gasteiger partial charge in [0.2, 0.25) is 0 Å². The quantitative estimate of drug-likeness (QED) is 0.682. The zero-order valence-electron chi connectivity index (χ0n) is 16.8. The highest BCUT2D eigenvalue weighted by Gasteiger charge is 2.56. The molecule has 0 saturated carbocycles. The van der Waals surface area contributed by atoms with Crippen molar-refractivity contribution in [2.45, 2.75) is 37.7 Å². The Bertz CT molecular complexity index is 1040. The highest BCUT2D eigenvalue weighted by atomic mass is 32.1. The van der Waals surface area contributed by atoms with Gasteiger partial charge in [-0.3, -0.25) is 4.90 Å². The van der Waals surface area contributed by atoms with E-state index in [2.05, 4.69) is 5.32 Å². The highest BCUT2D eigenvalue weighted by molar-refractivity contribution is 7.80. The number of halogens is 3. The fourth-order valence-electron chi connectivity index (χ4n) is 4.43. The van der Waals surface area contributed by atoms with E-state index in [1.807, 2.05) is 36.1 Å². The Labute approximate surface area is 183 Å². The molecule has 9 heteroatoms. The predicted octanol–water partition coefficient (Wildman–Crippen LogP) is 3.94. The van der Waals surface area contributed by atoms with Crippen molar-refractivity contribution in [1.29, 1.82) is 5.26 Å². The molecule has 1 spiro atoms. The molecule has 5 nitrogen and oxygen atoms in total. The summed E-state index contributed by atoms with van der Waals surface area (Å²) in [6.45, 7) is 3.26. The second-order valence-electron chi connectivity index (χ2n) is 7.89. The minimum Gasteiger partial charge on any atom is -0.371 e. The van der Waals surface area contributed by atoms with E-state index in [0.29, 0.717) is 25.9 Å². The lowest BCUT2D eigenvalue weighted by atomic mass is 9.85. The Balaban J connectivity index is 1.84. The monoisotopic (exact) mass is 446 g/mol. The molecule has 2 saturated heterocycles. The van der Waals surface area contributed by atoms with Crippen molar-refractivity contribution in [3.63, 3.8) is 0 Å². The molecular weight excluding hydrogens is 425 g/mol. The number of alkyl halides is 3. The molecule has 0 amide bonds. The summed E-state index contributed by atoms with van der Waals surface area (Å²) in [5, 5.41) is 24.0. The van der Waals surface area contributed by atoms with Gasteiger partial charge < -0.3 is 15.3 Å². The summed E-state index contributed by atoms with van der Waals surface area (Å²) in [6, 6.07) is 12.7. The van der Waals surface area contributed by atoms with Gasteiger partial charge in [-0.2, -0.15) is 18.4 Å². The Morgan fingerprint density at radius 3 is 2.32 bits per heavy atom. The Hall–Kier alpha value is -2.67. The van der Waals surface area contributed by atoms with E-state index in [9.17, 15) is 18.3 Å². The van der Waals surface area contributed by atoms with Crippen LogP contribution in [0.3, 0.4) is 0 Å². The predicted molar refractivity (Wildman–Crippen MR) is 116 cm³/mol. The SMILES string of the molecule is Cc1ccc(N2C(=S)N(c3ccc(C#N)c(C(F)(F)F)c3)C(O)C23CCNCC3)cc1. The standard InChI is InChI=1S/C22H21F3N4OS/c1-14-2-5-16(6-3-14)29-20(31)28(19(30)21(29)8-10-27-11-9-21)17-7-4-15(13-26)18(12-17)22(23,24)25/h2-7,12,19,27,30H,8-11H2,1H3. The van der Waals surface area contributed by atoms with E-state index >= 15 is 0 Å². The number of benzene rings is 2. The number of hydrogen-bond acceptors (Lipinski definition) is 4. The summed E-state index contributed by atoms with van der Waals surface area (Å²) >= 11 is 5.71. The number of nitriles is 1. The number of piperidine rings is 1. The van der Waals surface area contributed by atoms with Gasteiger partial charge in [0.15, 0.2) is 11.3 Å². The molecule has 2 fully saturated rings. The van der Waals surface area contributed by atoms with Gasteiger partial charge in [-0.25, -0.2) is 0 Å². The minimum absolute atomic E-state index is 0.108. The van der Waals surface area contributed by atoms with Gasteiger partial charge in [0.25, 0.3) is 0 Å². The summed E-state index contributed by atoms with van der Waals surface area (Å²) in [4.78, 5) is 3.25.